The Morgan fingerprint density at radius 1 is 1.39 bits per heavy atom. The van der Waals surface area contributed by atoms with Crippen LogP contribution < -0.4 is 4.90 Å². The van der Waals surface area contributed by atoms with Crippen molar-refractivity contribution in [2.45, 2.75) is 6.04 Å². The van der Waals surface area contributed by atoms with E-state index in [0.29, 0.717) is 6.04 Å². The zero-order valence-electron chi connectivity index (χ0n) is 12.8. The lowest BCUT2D eigenvalue weighted by Crippen LogP contribution is -2.56. The van der Waals surface area contributed by atoms with E-state index in [9.17, 15) is 0 Å². The second-order valence-electron chi connectivity index (χ2n) is 5.77. The number of hydrogen-bond acceptors (Lipinski definition) is 4. The van der Waals surface area contributed by atoms with E-state index in [1.165, 1.54) is 0 Å². The number of hydrogen-bond donors (Lipinski definition) is 1. The number of H-pyrrole nitrogens is 1. The third kappa shape index (κ3) is 2.27. The van der Waals surface area contributed by atoms with Crippen LogP contribution in [0.25, 0.3) is 27.1 Å². The number of aromatic amines is 1. The second-order valence-corrected chi connectivity index (χ2v) is 5.77. The van der Waals surface area contributed by atoms with Gasteiger partial charge in [0.2, 0.25) is 0 Å². The van der Waals surface area contributed by atoms with Gasteiger partial charge in [-0.25, -0.2) is 4.98 Å². The lowest BCUT2D eigenvalue weighted by atomic mass is 10.1. The third-order valence-corrected chi connectivity index (χ3v) is 4.40. The van der Waals surface area contributed by atoms with E-state index < -0.39 is 0 Å². The first-order valence-corrected chi connectivity index (χ1v) is 7.49. The van der Waals surface area contributed by atoms with Gasteiger partial charge in [0.25, 0.3) is 0 Å². The number of anilines is 1. The monoisotopic (exact) mass is 304 g/mol. The molecule has 4 heterocycles. The number of likely N-dealkylation sites (N-methyl/N-ethyl adjacent to an activating group) is 1. The van der Waals surface area contributed by atoms with Crippen LogP contribution in [0.1, 0.15) is 0 Å². The van der Waals surface area contributed by atoms with Gasteiger partial charge in [0.15, 0.2) is 0 Å². The van der Waals surface area contributed by atoms with Crippen LogP contribution in [0.15, 0.2) is 43.0 Å². The number of nitrogens with zero attached hydrogens (tertiary/aromatic N) is 5. The number of pyridine rings is 2. The van der Waals surface area contributed by atoms with Crippen molar-refractivity contribution in [3.8, 4) is 11.1 Å². The molecule has 114 valence electrons. The fourth-order valence-corrected chi connectivity index (χ4v) is 2.91. The van der Waals surface area contributed by atoms with Crippen LogP contribution in [-0.2, 0) is 0 Å². The highest BCUT2D eigenvalue weighted by molar-refractivity contribution is 5.95. The Morgan fingerprint density at radius 2 is 2.26 bits per heavy atom. The molecule has 0 spiro atoms. The molecule has 4 rings (SSSR count). The van der Waals surface area contributed by atoms with Crippen molar-refractivity contribution < 1.29 is 0 Å². The van der Waals surface area contributed by atoms with Crippen LogP contribution in [0.4, 0.5) is 5.69 Å². The first-order valence-electron chi connectivity index (χ1n) is 7.49. The average Bonchev–Trinajstić information content (AvgIpc) is 2.97. The van der Waals surface area contributed by atoms with Crippen LogP contribution in [-0.4, -0.2) is 46.1 Å². The predicted octanol–water partition coefficient (Wildman–Crippen LogP) is 2.58. The van der Waals surface area contributed by atoms with Crippen LogP contribution in [0.2, 0.25) is 0 Å². The summed E-state index contributed by atoms with van der Waals surface area (Å²) >= 11 is 0. The summed E-state index contributed by atoms with van der Waals surface area (Å²) in [4.78, 5) is 17.7. The minimum Gasteiger partial charge on any atom is -0.365 e. The molecule has 0 saturated carbocycles. The maximum atomic E-state index is 7.07. The topological polar surface area (TPSA) is 52.4 Å². The van der Waals surface area contributed by atoms with E-state index >= 15 is 0 Å². The first kappa shape index (κ1) is 13.6. The summed E-state index contributed by atoms with van der Waals surface area (Å²) in [5.74, 6) is 0. The van der Waals surface area contributed by atoms with Crippen molar-refractivity contribution in [1.82, 2.24) is 20.0 Å². The molecule has 6 nitrogen and oxygen atoms in total. The van der Waals surface area contributed by atoms with Crippen LogP contribution >= 0.6 is 0 Å². The molecule has 0 amide bonds. The standard InChI is InChI=1S/C17H16N6/c1-18-22(2)14-10-23(11-14)13-6-15-16(9-21-17(15)20-8-13)12-4-3-5-19-7-12/h3-9,14H,10-11H2,2H3,(H,20,21). The van der Waals surface area contributed by atoms with Crippen molar-refractivity contribution in [2.24, 2.45) is 0 Å². The second kappa shape index (κ2) is 5.29. The summed E-state index contributed by atoms with van der Waals surface area (Å²) in [6, 6.07) is 6.44. The van der Waals surface area contributed by atoms with E-state index in [4.69, 9.17) is 6.57 Å². The van der Waals surface area contributed by atoms with Crippen molar-refractivity contribution in [1.29, 1.82) is 0 Å². The quantitative estimate of drug-likeness (QED) is 0.597. The fourth-order valence-electron chi connectivity index (χ4n) is 2.91. The lowest BCUT2D eigenvalue weighted by Gasteiger charge is -2.40. The van der Waals surface area contributed by atoms with Crippen molar-refractivity contribution in [3.05, 3.63) is 54.5 Å². The van der Waals surface area contributed by atoms with E-state index in [1.807, 2.05) is 37.8 Å². The van der Waals surface area contributed by atoms with Crippen molar-refractivity contribution >= 4 is 16.7 Å². The highest BCUT2D eigenvalue weighted by atomic mass is 15.5. The molecule has 6 heteroatoms. The predicted molar refractivity (Wildman–Crippen MR) is 89.7 cm³/mol. The minimum atomic E-state index is 0.298. The molecule has 0 aliphatic carbocycles. The molecule has 1 saturated heterocycles. The number of fused-ring (bicyclic) bond motifs is 1. The summed E-state index contributed by atoms with van der Waals surface area (Å²) < 4.78 is 0. The zero-order valence-corrected chi connectivity index (χ0v) is 12.8. The summed E-state index contributed by atoms with van der Waals surface area (Å²) in [5.41, 5.74) is 4.16. The molecule has 0 aromatic carbocycles. The molecule has 3 aromatic heterocycles. The van der Waals surface area contributed by atoms with Gasteiger partial charge in [0.05, 0.1) is 18.9 Å². The lowest BCUT2D eigenvalue weighted by molar-refractivity contribution is 0.272. The smallest absolute Gasteiger partial charge is 0.138 e. The Hall–Kier alpha value is -3.07. The molecule has 1 N–H and O–H groups in total. The molecular formula is C17H16N6. The Balaban J connectivity index is 1.65. The maximum absolute atomic E-state index is 7.07. The van der Waals surface area contributed by atoms with Crippen LogP contribution in [0, 0.1) is 6.57 Å². The molecule has 1 fully saturated rings. The Bertz CT molecular complexity index is 873. The summed E-state index contributed by atoms with van der Waals surface area (Å²) in [6.45, 7) is 8.79. The maximum Gasteiger partial charge on any atom is 0.138 e. The molecule has 1 aliphatic heterocycles. The Labute approximate surface area is 134 Å². The molecule has 1 aliphatic rings. The third-order valence-electron chi connectivity index (χ3n) is 4.40. The van der Waals surface area contributed by atoms with Gasteiger partial charge >= 0.3 is 0 Å². The molecule has 0 unspecified atom stereocenters. The Morgan fingerprint density at radius 3 is 3.00 bits per heavy atom. The number of aromatic nitrogens is 3. The van der Waals surface area contributed by atoms with Gasteiger partial charge in [-0.2, -0.15) is 11.5 Å². The van der Waals surface area contributed by atoms with Gasteiger partial charge in [-0.1, -0.05) is 6.07 Å². The summed E-state index contributed by atoms with van der Waals surface area (Å²) in [7, 11) is 1.84. The molecule has 0 radical (unpaired) electrons. The first-order chi connectivity index (χ1) is 11.3. The average molecular weight is 304 g/mol. The fraction of sp³-hybridized carbons (Fsp3) is 0.235. The Kier molecular flexibility index (Phi) is 3.12. The minimum absolute atomic E-state index is 0.298. The van der Waals surface area contributed by atoms with Gasteiger partial charge in [-0.15, -0.1) is 5.01 Å². The van der Waals surface area contributed by atoms with E-state index in [-0.39, 0.29) is 0 Å². The van der Waals surface area contributed by atoms with Gasteiger partial charge in [0, 0.05) is 48.2 Å². The van der Waals surface area contributed by atoms with Crippen LogP contribution in [0.5, 0.6) is 0 Å². The summed E-state index contributed by atoms with van der Waals surface area (Å²) in [5, 5.41) is 2.79. The van der Waals surface area contributed by atoms with Gasteiger partial charge in [-0.3, -0.25) is 4.98 Å². The number of rotatable bonds is 3. The van der Waals surface area contributed by atoms with Gasteiger partial charge in [0.1, 0.15) is 11.7 Å². The summed E-state index contributed by atoms with van der Waals surface area (Å²) in [6.07, 6.45) is 7.50. The highest BCUT2D eigenvalue weighted by Gasteiger charge is 2.33. The van der Waals surface area contributed by atoms with E-state index in [1.54, 1.807) is 11.2 Å². The van der Waals surface area contributed by atoms with Crippen molar-refractivity contribution in [3.63, 3.8) is 0 Å². The largest absolute Gasteiger partial charge is 0.365 e. The highest BCUT2D eigenvalue weighted by Crippen LogP contribution is 2.31. The molecule has 3 aromatic rings. The molecular weight excluding hydrogens is 288 g/mol. The van der Waals surface area contributed by atoms with E-state index in [2.05, 4.69) is 30.9 Å². The van der Waals surface area contributed by atoms with Gasteiger partial charge < -0.3 is 9.88 Å². The molecule has 0 atom stereocenters. The van der Waals surface area contributed by atoms with Crippen LogP contribution in [0.3, 0.4) is 0 Å². The van der Waals surface area contributed by atoms with Gasteiger partial charge in [-0.05, 0) is 12.1 Å². The van der Waals surface area contributed by atoms with E-state index in [0.717, 1.165) is 40.9 Å². The molecule has 0 bridgehead atoms. The SMILES string of the molecule is [C-]#[N+]N(C)C1CN(c2cnc3[nH]cc(-c4cccnc4)c3c2)C1. The van der Waals surface area contributed by atoms with Crippen molar-refractivity contribution in [2.75, 3.05) is 25.0 Å². The normalized spacial score (nSPS) is 14.5. The molecule has 23 heavy (non-hydrogen) atoms. The zero-order chi connectivity index (χ0) is 15.8. The number of nitrogens with one attached hydrogen (secondary N) is 1.